The van der Waals surface area contributed by atoms with E-state index in [0.717, 1.165) is 12.2 Å². The zero-order valence-electron chi connectivity index (χ0n) is 5.89. The molecule has 1 aliphatic carbocycles. The zero-order chi connectivity index (χ0) is 6.85. The largest absolute Gasteiger partial charge is 0.298 e. The molecule has 2 heteroatoms. The Balaban J connectivity index is 2.20. The van der Waals surface area contributed by atoms with Crippen LogP contribution >= 0.6 is 11.8 Å². The zero-order valence-corrected chi connectivity index (χ0v) is 6.70. The van der Waals surface area contributed by atoms with Crippen molar-refractivity contribution in [1.82, 2.24) is 0 Å². The van der Waals surface area contributed by atoms with Crippen molar-refractivity contribution >= 4 is 17.5 Å². The van der Waals surface area contributed by atoms with Gasteiger partial charge in [0.05, 0.1) is 5.75 Å². The Morgan fingerprint density at radius 2 is 2.33 bits per heavy atom. The van der Waals surface area contributed by atoms with Crippen LogP contribution < -0.4 is 0 Å². The maximum atomic E-state index is 11.0. The maximum absolute atomic E-state index is 11.0. The lowest BCUT2D eigenvalue weighted by atomic mass is 10.2. The van der Waals surface area contributed by atoms with E-state index in [1.54, 1.807) is 11.8 Å². The predicted molar refractivity (Wildman–Crippen MR) is 40.7 cm³/mol. The van der Waals surface area contributed by atoms with E-state index in [2.05, 4.69) is 6.92 Å². The van der Waals surface area contributed by atoms with Crippen molar-refractivity contribution in [2.75, 3.05) is 12.0 Å². The second kappa shape index (κ2) is 2.74. The van der Waals surface area contributed by atoms with Gasteiger partial charge in [0.2, 0.25) is 0 Å². The molecule has 0 amide bonds. The van der Waals surface area contributed by atoms with Crippen LogP contribution in [0.15, 0.2) is 0 Å². The summed E-state index contributed by atoms with van der Waals surface area (Å²) in [7, 11) is 0. The van der Waals surface area contributed by atoms with Gasteiger partial charge in [-0.1, -0.05) is 6.92 Å². The van der Waals surface area contributed by atoms with Crippen molar-refractivity contribution in [2.45, 2.75) is 13.3 Å². The number of ketones is 1. The molecule has 0 aliphatic heterocycles. The predicted octanol–water partition coefficient (Wildman–Crippen LogP) is 1.57. The molecule has 0 N–H and O–H groups in total. The van der Waals surface area contributed by atoms with Gasteiger partial charge in [-0.3, -0.25) is 4.79 Å². The van der Waals surface area contributed by atoms with Gasteiger partial charge in [-0.2, -0.15) is 11.8 Å². The smallest absolute Gasteiger partial charge is 0.146 e. The number of Topliss-reactive ketones (excluding diaryl/α,β-unsaturated/α-hetero) is 1. The fraction of sp³-hybridized carbons (Fsp3) is 0.857. The molecule has 0 bridgehead atoms. The fourth-order valence-corrected chi connectivity index (χ4v) is 1.52. The SMILES string of the molecule is CSCC(=O)C1CC1C. The third-order valence-electron chi connectivity index (χ3n) is 1.81. The molecule has 2 unspecified atom stereocenters. The van der Waals surface area contributed by atoms with Crippen molar-refractivity contribution in [3.8, 4) is 0 Å². The summed E-state index contributed by atoms with van der Waals surface area (Å²) in [6.45, 7) is 2.14. The van der Waals surface area contributed by atoms with Gasteiger partial charge in [0.1, 0.15) is 5.78 Å². The van der Waals surface area contributed by atoms with Gasteiger partial charge in [0.15, 0.2) is 0 Å². The average molecular weight is 144 g/mol. The molecule has 52 valence electrons. The lowest BCUT2D eigenvalue weighted by Crippen LogP contribution is -2.04. The first-order valence-electron chi connectivity index (χ1n) is 3.27. The van der Waals surface area contributed by atoms with Crippen molar-refractivity contribution in [3.05, 3.63) is 0 Å². The van der Waals surface area contributed by atoms with E-state index in [1.807, 2.05) is 6.26 Å². The minimum absolute atomic E-state index is 0.428. The van der Waals surface area contributed by atoms with Crippen LogP contribution in [-0.4, -0.2) is 17.8 Å². The van der Waals surface area contributed by atoms with Gasteiger partial charge in [0, 0.05) is 5.92 Å². The van der Waals surface area contributed by atoms with Crippen LogP contribution in [0.5, 0.6) is 0 Å². The van der Waals surface area contributed by atoms with Crippen LogP contribution in [0.4, 0.5) is 0 Å². The minimum Gasteiger partial charge on any atom is -0.298 e. The average Bonchev–Trinajstić information content (AvgIpc) is 2.47. The Morgan fingerprint density at radius 3 is 2.67 bits per heavy atom. The molecule has 0 saturated heterocycles. The van der Waals surface area contributed by atoms with E-state index < -0.39 is 0 Å². The highest BCUT2D eigenvalue weighted by Gasteiger charge is 2.37. The molecule has 9 heavy (non-hydrogen) atoms. The summed E-state index contributed by atoms with van der Waals surface area (Å²) in [5.74, 6) is 2.28. The quantitative estimate of drug-likeness (QED) is 0.598. The topological polar surface area (TPSA) is 17.1 Å². The van der Waals surface area contributed by atoms with Crippen molar-refractivity contribution < 1.29 is 4.79 Å². The number of rotatable bonds is 3. The first kappa shape index (κ1) is 7.13. The van der Waals surface area contributed by atoms with Crippen LogP contribution in [-0.2, 0) is 4.79 Å². The molecule has 0 aromatic rings. The van der Waals surface area contributed by atoms with Crippen molar-refractivity contribution in [2.24, 2.45) is 11.8 Å². The fourth-order valence-electron chi connectivity index (χ4n) is 1.02. The van der Waals surface area contributed by atoms with E-state index in [4.69, 9.17) is 0 Å². The van der Waals surface area contributed by atoms with E-state index >= 15 is 0 Å². The van der Waals surface area contributed by atoms with Crippen LogP contribution in [0.1, 0.15) is 13.3 Å². The van der Waals surface area contributed by atoms with Gasteiger partial charge in [-0.05, 0) is 18.6 Å². The third kappa shape index (κ3) is 1.71. The van der Waals surface area contributed by atoms with Gasteiger partial charge in [0.25, 0.3) is 0 Å². The molecule has 0 heterocycles. The van der Waals surface area contributed by atoms with Gasteiger partial charge < -0.3 is 0 Å². The Hall–Kier alpha value is 0.0200. The van der Waals surface area contributed by atoms with Crippen LogP contribution in [0, 0.1) is 11.8 Å². The molecular weight excluding hydrogens is 132 g/mol. The second-order valence-corrected chi connectivity index (χ2v) is 3.58. The summed E-state index contributed by atoms with van der Waals surface area (Å²) in [6, 6.07) is 0. The summed E-state index contributed by atoms with van der Waals surface area (Å²) in [6.07, 6.45) is 3.12. The molecule has 1 fully saturated rings. The molecule has 1 nitrogen and oxygen atoms in total. The number of carbonyl (C=O) groups is 1. The molecule has 2 atom stereocenters. The van der Waals surface area contributed by atoms with E-state index in [1.165, 1.54) is 0 Å². The van der Waals surface area contributed by atoms with Crippen LogP contribution in [0.3, 0.4) is 0 Å². The van der Waals surface area contributed by atoms with Crippen LogP contribution in [0.25, 0.3) is 0 Å². The molecular formula is C7H12OS. The molecule has 0 spiro atoms. The molecule has 1 aliphatic rings. The van der Waals surface area contributed by atoms with E-state index in [-0.39, 0.29) is 0 Å². The number of carbonyl (C=O) groups excluding carboxylic acids is 1. The normalized spacial score (nSPS) is 32.2. The monoisotopic (exact) mass is 144 g/mol. The molecule has 0 aromatic heterocycles. The molecule has 0 radical (unpaired) electrons. The highest BCUT2D eigenvalue weighted by atomic mass is 32.2. The summed E-state index contributed by atoms with van der Waals surface area (Å²) < 4.78 is 0. The highest BCUT2D eigenvalue weighted by molar-refractivity contribution is 7.99. The first-order chi connectivity index (χ1) is 4.25. The Morgan fingerprint density at radius 1 is 1.78 bits per heavy atom. The third-order valence-corrected chi connectivity index (χ3v) is 2.38. The summed E-state index contributed by atoms with van der Waals surface area (Å²) in [5.41, 5.74) is 0. The Bertz CT molecular complexity index is 122. The van der Waals surface area contributed by atoms with Gasteiger partial charge in [-0.15, -0.1) is 0 Å². The maximum Gasteiger partial charge on any atom is 0.146 e. The van der Waals surface area contributed by atoms with Gasteiger partial charge >= 0.3 is 0 Å². The number of thioether (sulfide) groups is 1. The lowest BCUT2D eigenvalue weighted by Gasteiger charge is -1.91. The molecule has 0 aromatic carbocycles. The molecule has 1 rings (SSSR count). The highest BCUT2D eigenvalue weighted by Crippen LogP contribution is 2.38. The lowest BCUT2D eigenvalue weighted by molar-refractivity contribution is -0.117. The Labute approximate surface area is 60.2 Å². The minimum atomic E-state index is 0.428. The van der Waals surface area contributed by atoms with Gasteiger partial charge in [-0.25, -0.2) is 0 Å². The number of hydrogen-bond acceptors (Lipinski definition) is 2. The summed E-state index contributed by atoms with van der Waals surface area (Å²) >= 11 is 1.63. The standard InChI is InChI=1S/C7H12OS/c1-5-3-6(5)7(8)4-9-2/h5-6H,3-4H2,1-2H3. The summed E-state index contributed by atoms with van der Waals surface area (Å²) in [4.78, 5) is 11.0. The van der Waals surface area contributed by atoms with Crippen molar-refractivity contribution in [1.29, 1.82) is 0 Å². The van der Waals surface area contributed by atoms with E-state index in [0.29, 0.717) is 17.6 Å². The Kier molecular flexibility index (Phi) is 2.17. The van der Waals surface area contributed by atoms with Crippen molar-refractivity contribution in [3.63, 3.8) is 0 Å². The molecule has 1 saturated carbocycles. The summed E-state index contributed by atoms with van der Waals surface area (Å²) in [5, 5.41) is 0. The number of hydrogen-bond donors (Lipinski definition) is 0. The first-order valence-corrected chi connectivity index (χ1v) is 4.66. The van der Waals surface area contributed by atoms with Crippen LogP contribution in [0.2, 0.25) is 0 Å². The van der Waals surface area contributed by atoms with E-state index in [9.17, 15) is 4.79 Å². The second-order valence-electron chi connectivity index (χ2n) is 2.72.